The van der Waals surface area contributed by atoms with Gasteiger partial charge in [-0.25, -0.2) is 10.4 Å². The van der Waals surface area contributed by atoms with Gasteiger partial charge in [0, 0.05) is 0 Å². The molecule has 0 fully saturated rings. The first-order chi connectivity index (χ1) is 10.3. The van der Waals surface area contributed by atoms with Gasteiger partial charge in [-0.1, -0.05) is 23.5 Å². The van der Waals surface area contributed by atoms with Crippen LogP contribution in [0.1, 0.15) is 26.5 Å². The summed E-state index contributed by atoms with van der Waals surface area (Å²) in [7, 11) is 0. The number of rotatable bonds is 3. The third-order valence-electron chi connectivity index (χ3n) is 2.61. The number of carbonyl (C=O) groups excluding carboxylic acids is 1. The van der Waals surface area contributed by atoms with Crippen LogP contribution in [0, 0.1) is 6.92 Å². The van der Waals surface area contributed by atoms with E-state index in [1.165, 1.54) is 12.1 Å². The number of amides is 1. The molecular weight excluding hydrogens is 317 g/mol. The topological polar surface area (TPSA) is 80.4 Å². The first-order valence-electron chi connectivity index (χ1n) is 6.01. The highest BCUT2D eigenvalue weighted by Crippen LogP contribution is 2.29. The van der Waals surface area contributed by atoms with E-state index in [0.29, 0.717) is 10.6 Å². The third-order valence-corrected chi connectivity index (χ3v) is 3.60. The Labute approximate surface area is 127 Å². The highest BCUT2D eigenvalue weighted by Gasteiger charge is 2.30. The lowest BCUT2D eigenvalue weighted by Crippen LogP contribution is -2.17. The van der Waals surface area contributed by atoms with E-state index in [9.17, 15) is 18.0 Å². The zero-order valence-corrected chi connectivity index (χ0v) is 12.1. The number of halogens is 3. The van der Waals surface area contributed by atoms with Crippen LogP contribution in [0.15, 0.2) is 29.4 Å². The summed E-state index contributed by atoms with van der Waals surface area (Å²) in [6, 6.07) is 4.60. The average Bonchev–Trinajstić information content (AvgIpc) is 2.77. The van der Waals surface area contributed by atoms with Crippen molar-refractivity contribution in [2.45, 2.75) is 13.1 Å². The number of thiazole rings is 1. The first kappa shape index (κ1) is 16.0. The molecule has 0 unspecified atom stereocenters. The van der Waals surface area contributed by atoms with Gasteiger partial charge >= 0.3 is 6.18 Å². The number of alkyl halides is 3. The highest BCUT2D eigenvalue weighted by molar-refractivity contribution is 7.17. The quantitative estimate of drug-likeness (QED) is 0.671. The van der Waals surface area contributed by atoms with Gasteiger partial charge in [-0.3, -0.25) is 4.79 Å². The molecule has 2 aromatic rings. The van der Waals surface area contributed by atoms with Crippen LogP contribution in [-0.2, 0) is 6.18 Å². The number of nitrogens with two attached hydrogens (primary N) is 1. The lowest BCUT2D eigenvalue weighted by atomic mass is 10.1. The molecular formula is C13H11F3N4OS. The average molecular weight is 328 g/mol. The molecule has 0 saturated carbocycles. The zero-order chi connectivity index (χ0) is 16.3. The summed E-state index contributed by atoms with van der Waals surface area (Å²) in [4.78, 5) is 16.0. The molecule has 116 valence electrons. The van der Waals surface area contributed by atoms with Crippen LogP contribution < -0.4 is 11.2 Å². The summed E-state index contributed by atoms with van der Waals surface area (Å²) in [5.74, 6) is -0.519. The maximum absolute atomic E-state index is 12.6. The maximum atomic E-state index is 12.6. The van der Waals surface area contributed by atoms with E-state index in [1.807, 2.05) is 0 Å². The van der Waals surface area contributed by atoms with Crippen molar-refractivity contribution in [2.75, 3.05) is 5.73 Å². The number of hydrazone groups is 1. The molecule has 0 saturated heterocycles. The van der Waals surface area contributed by atoms with Gasteiger partial charge in [-0.2, -0.15) is 18.3 Å². The SMILES string of the molecule is Cc1nc(N)sc1C(=O)N/N=C\c1cccc(C(F)(F)F)c1. The minimum atomic E-state index is -4.43. The predicted molar refractivity (Wildman–Crippen MR) is 77.8 cm³/mol. The number of benzene rings is 1. The summed E-state index contributed by atoms with van der Waals surface area (Å²) in [5, 5.41) is 3.89. The van der Waals surface area contributed by atoms with Crippen molar-refractivity contribution in [3.63, 3.8) is 0 Å². The molecule has 2 rings (SSSR count). The van der Waals surface area contributed by atoms with E-state index in [-0.39, 0.29) is 10.7 Å². The van der Waals surface area contributed by atoms with E-state index in [0.717, 1.165) is 29.7 Å². The lowest BCUT2D eigenvalue weighted by Gasteiger charge is -2.06. The molecule has 9 heteroatoms. The minimum Gasteiger partial charge on any atom is -0.375 e. The number of hydrogen-bond donors (Lipinski definition) is 2. The molecule has 1 aromatic carbocycles. The van der Waals surface area contributed by atoms with Crippen LogP contribution >= 0.6 is 11.3 Å². The Morgan fingerprint density at radius 2 is 2.18 bits per heavy atom. The van der Waals surface area contributed by atoms with Crippen molar-refractivity contribution in [3.8, 4) is 0 Å². The summed E-state index contributed by atoms with van der Waals surface area (Å²) in [5.41, 5.74) is 7.60. The number of nitrogens with one attached hydrogen (secondary N) is 1. The Kier molecular flexibility index (Phi) is 4.45. The summed E-state index contributed by atoms with van der Waals surface area (Å²) in [6.07, 6.45) is -3.29. The van der Waals surface area contributed by atoms with E-state index >= 15 is 0 Å². The van der Waals surface area contributed by atoms with Crippen LogP contribution in [0.4, 0.5) is 18.3 Å². The number of nitrogen functional groups attached to an aromatic ring is 1. The van der Waals surface area contributed by atoms with Crippen LogP contribution in [0.5, 0.6) is 0 Å². The predicted octanol–water partition coefficient (Wildman–Crippen LogP) is 2.82. The zero-order valence-electron chi connectivity index (χ0n) is 11.3. The monoisotopic (exact) mass is 328 g/mol. The molecule has 1 aromatic heterocycles. The Morgan fingerprint density at radius 1 is 1.45 bits per heavy atom. The van der Waals surface area contributed by atoms with E-state index in [2.05, 4.69) is 15.5 Å². The van der Waals surface area contributed by atoms with Crippen molar-refractivity contribution >= 4 is 28.6 Å². The van der Waals surface area contributed by atoms with Crippen molar-refractivity contribution in [1.29, 1.82) is 0 Å². The first-order valence-corrected chi connectivity index (χ1v) is 6.82. The Morgan fingerprint density at radius 3 is 2.77 bits per heavy atom. The van der Waals surface area contributed by atoms with Gasteiger partial charge in [0.25, 0.3) is 5.91 Å². The number of carbonyl (C=O) groups is 1. The molecule has 5 nitrogen and oxygen atoms in total. The molecule has 1 amide bonds. The molecule has 0 atom stereocenters. The second kappa shape index (κ2) is 6.14. The Bertz CT molecular complexity index is 724. The van der Waals surface area contributed by atoms with Crippen LogP contribution in [-0.4, -0.2) is 17.1 Å². The number of hydrogen-bond acceptors (Lipinski definition) is 5. The largest absolute Gasteiger partial charge is 0.416 e. The normalized spacial score (nSPS) is 11.8. The van der Waals surface area contributed by atoms with Gasteiger partial charge in [-0.15, -0.1) is 0 Å². The number of aromatic nitrogens is 1. The summed E-state index contributed by atoms with van der Waals surface area (Å²) < 4.78 is 37.7. The van der Waals surface area contributed by atoms with Crippen LogP contribution in [0.25, 0.3) is 0 Å². The van der Waals surface area contributed by atoms with Crippen molar-refractivity contribution < 1.29 is 18.0 Å². The molecule has 0 radical (unpaired) electrons. The number of anilines is 1. The Balaban J connectivity index is 2.07. The molecule has 22 heavy (non-hydrogen) atoms. The highest BCUT2D eigenvalue weighted by atomic mass is 32.1. The van der Waals surface area contributed by atoms with Gasteiger partial charge in [0.1, 0.15) is 4.88 Å². The molecule has 3 N–H and O–H groups in total. The van der Waals surface area contributed by atoms with Gasteiger partial charge in [0.05, 0.1) is 17.5 Å². The fourth-order valence-electron chi connectivity index (χ4n) is 1.64. The smallest absolute Gasteiger partial charge is 0.375 e. The van der Waals surface area contributed by atoms with Gasteiger partial charge in [0.2, 0.25) is 0 Å². The van der Waals surface area contributed by atoms with Gasteiger partial charge in [0.15, 0.2) is 5.13 Å². The number of nitrogens with zero attached hydrogens (tertiary/aromatic N) is 2. The third kappa shape index (κ3) is 3.82. The maximum Gasteiger partial charge on any atom is 0.416 e. The molecule has 0 aliphatic carbocycles. The van der Waals surface area contributed by atoms with Crippen molar-refractivity contribution in [2.24, 2.45) is 5.10 Å². The molecule has 0 bridgehead atoms. The van der Waals surface area contributed by atoms with Crippen molar-refractivity contribution in [1.82, 2.24) is 10.4 Å². The van der Waals surface area contributed by atoms with E-state index in [1.54, 1.807) is 6.92 Å². The molecule has 0 aliphatic heterocycles. The second-order valence-electron chi connectivity index (χ2n) is 4.29. The molecule has 0 aliphatic rings. The Hall–Kier alpha value is -2.42. The minimum absolute atomic E-state index is 0.218. The lowest BCUT2D eigenvalue weighted by molar-refractivity contribution is -0.137. The van der Waals surface area contributed by atoms with E-state index < -0.39 is 17.6 Å². The van der Waals surface area contributed by atoms with Gasteiger partial charge < -0.3 is 5.73 Å². The molecule has 0 spiro atoms. The van der Waals surface area contributed by atoms with Gasteiger partial charge in [-0.05, 0) is 24.6 Å². The van der Waals surface area contributed by atoms with Crippen LogP contribution in [0.2, 0.25) is 0 Å². The van der Waals surface area contributed by atoms with Crippen LogP contribution in [0.3, 0.4) is 0 Å². The second-order valence-corrected chi connectivity index (χ2v) is 5.32. The summed E-state index contributed by atoms with van der Waals surface area (Å²) >= 11 is 1.01. The van der Waals surface area contributed by atoms with Crippen molar-refractivity contribution in [3.05, 3.63) is 46.0 Å². The van der Waals surface area contributed by atoms with E-state index in [4.69, 9.17) is 5.73 Å². The number of aryl methyl sites for hydroxylation is 1. The fourth-order valence-corrected chi connectivity index (χ4v) is 2.36. The fraction of sp³-hybridized carbons (Fsp3) is 0.154. The standard InChI is InChI=1S/C13H11F3N4OS/c1-7-10(22-12(17)19-7)11(21)20-18-6-8-3-2-4-9(5-8)13(14,15)16/h2-6H,1H3,(H2,17,19)(H,20,21)/b18-6-. The molecule has 1 heterocycles. The summed E-state index contributed by atoms with van der Waals surface area (Å²) in [6.45, 7) is 1.62.